The summed E-state index contributed by atoms with van der Waals surface area (Å²) in [6.45, 7) is 7.01. The van der Waals surface area contributed by atoms with Gasteiger partial charge in [0.2, 0.25) is 0 Å². The highest BCUT2D eigenvalue weighted by molar-refractivity contribution is 7.09. The molecule has 4 rings (SSSR count). The van der Waals surface area contributed by atoms with Gasteiger partial charge in [0.05, 0.1) is 25.9 Å². The Bertz CT molecular complexity index is 1080. The van der Waals surface area contributed by atoms with Crippen LogP contribution >= 0.6 is 11.3 Å². The van der Waals surface area contributed by atoms with Crippen molar-refractivity contribution in [2.24, 2.45) is 0 Å². The SMILES string of the molecule is COc1ccc(CN(Cc2ccc(F)cc2)Cc2nc(C(=O)N3CC(C)OC(C)C3)cs2)cc1. The van der Waals surface area contributed by atoms with Crippen LogP contribution < -0.4 is 4.74 Å². The average molecular weight is 484 g/mol. The zero-order valence-electron chi connectivity index (χ0n) is 19.7. The molecule has 8 heteroatoms. The van der Waals surface area contributed by atoms with Crippen molar-refractivity contribution in [2.45, 2.75) is 45.7 Å². The molecule has 1 aliphatic heterocycles. The molecule has 6 nitrogen and oxygen atoms in total. The van der Waals surface area contributed by atoms with Gasteiger partial charge in [0.1, 0.15) is 22.3 Å². The molecule has 0 bridgehead atoms. The van der Waals surface area contributed by atoms with Crippen LogP contribution in [0.1, 0.15) is 40.5 Å². The fraction of sp³-hybridized carbons (Fsp3) is 0.385. The van der Waals surface area contributed by atoms with E-state index in [1.807, 2.05) is 48.4 Å². The van der Waals surface area contributed by atoms with Crippen molar-refractivity contribution in [3.63, 3.8) is 0 Å². The molecule has 1 fully saturated rings. The van der Waals surface area contributed by atoms with Crippen molar-refractivity contribution in [1.82, 2.24) is 14.8 Å². The van der Waals surface area contributed by atoms with Crippen molar-refractivity contribution < 1.29 is 18.7 Å². The number of hydrogen-bond acceptors (Lipinski definition) is 6. The summed E-state index contributed by atoms with van der Waals surface area (Å²) in [5.41, 5.74) is 2.62. The van der Waals surface area contributed by atoms with Crippen LogP contribution in [0, 0.1) is 5.82 Å². The van der Waals surface area contributed by atoms with E-state index in [1.165, 1.54) is 23.5 Å². The molecule has 2 aromatic carbocycles. The molecule has 1 saturated heterocycles. The van der Waals surface area contributed by atoms with Gasteiger partial charge in [-0.3, -0.25) is 9.69 Å². The van der Waals surface area contributed by atoms with Crippen molar-refractivity contribution in [2.75, 3.05) is 20.2 Å². The molecule has 1 amide bonds. The fourth-order valence-corrected chi connectivity index (χ4v) is 4.99. The Morgan fingerprint density at radius 3 is 2.24 bits per heavy atom. The van der Waals surface area contributed by atoms with Crippen molar-refractivity contribution >= 4 is 17.2 Å². The van der Waals surface area contributed by atoms with E-state index in [2.05, 4.69) is 9.88 Å². The Balaban J connectivity index is 1.48. The lowest BCUT2D eigenvalue weighted by Gasteiger charge is -2.34. The highest BCUT2D eigenvalue weighted by Crippen LogP contribution is 2.21. The lowest BCUT2D eigenvalue weighted by molar-refractivity contribution is -0.0587. The van der Waals surface area contributed by atoms with Gasteiger partial charge in [0, 0.05) is 31.6 Å². The van der Waals surface area contributed by atoms with Crippen LogP contribution in [-0.2, 0) is 24.4 Å². The summed E-state index contributed by atoms with van der Waals surface area (Å²) < 4.78 is 24.4. The fourth-order valence-electron chi connectivity index (χ4n) is 4.18. The normalized spacial score (nSPS) is 18.3. The highest BCUT2D eigenvalue weighted by atomic mass is 32.1. The van der Waals surface area contributed by atoms with E-state index in [1.54, 1.807) is 19.2 Å². The first-order valence-electron chi connectivity index (χ1n) is 11.4. The molecule has 180 valence electrons. The number of nitrogens with zero attached hydrogens (tertiary/aromatic N) is 3. The maximum atomic E-state index is 13.4. The second-order valence-corrected chi connectivity index (χ2v) is 9.66. The van der Waals surface area contributed by atoms with E-state index >= 15 is 0 Å². The standard InChI is InChI=1S/C26H30FN3O3S/c1-18-12-30(13-19(2)33-18)26(31)24-17-34-25(28-24)16-29(14-20-4-8-22(27)9-5-20)15-21-6-10-23(32-3)11-7-21/h4-11,17-19H,12-16H2,1-3H3. The number of halogens is 1. The van der Waals surface area contributed by atoms with E-state index in [0.717, 1.165) is 21.9 Å². The minimum absolute atomic E-state index is 0.0153. The smallest absolute Gasteiger partial charge is 0.273 e. The summed E-state index contributed by atoms with van der Waals surface area (Å²) in [7, 11) is 1.65. The van der Waals surface area contributed by atoms with Crippen molar-refractivity contribution in [3.05, 3.63) is 81.6 Å². The van der Waals surface area contributed by atoms with E-state index in [9.17, 15) is 9.18 Å². The average Bonchev–Trinajstić information content (AvgIpc) is 3.28. The first-order chi connectivity index (χ1) is 16.4. The summed E-state index contributed by atoms with van der Waals surface area (Å²) in [6.07, 6.45) is 0.0306. The lowest BCUT2D eigenvalue weighted by Crippen LogP contribution is -2.48. The van der Waals surface area contributed by atoms with Gasteiger partial charge in [-0.1, -0.05) is 24.3 Å². The number of hydrogen-bond donors (Lipinski definition) is 0. The Hall–Kier alpha value is -2.81. The molecule has 1 aromatic heterocycles. The second kappa shape index (κ2) is 11.1. The molecular formula is C26H30FN3O3S. The molecule has 0 aliphatic carbocycles. The van der Waals surface area contributed by atoms with E-state index in [-0.39, 0.29) is 23.9 Å². The number of amides is 1. The van der Waals surface area contributed by atoms with Gasteiger partial charge in [-0.05, 0) is 49.2 Å². The number of carbonyl (C=O) groups excluding carboxylic acids is 1. The largest absolute Gasteiger partial charge is 0.497 e. The Morgan fingerprint density at radius 1 is 1.06 bits per heavy atom. The lowest BCUT2D eigenvalue weighted by atomic mass is 10.1. The molecule has 34 heavy (non-hydrogen) atoms. The van der Waals surface area contributed by atoms with Gasteiger partial charge in [0.15, 0.2) is 0 Å². The summed E-state index contributed by atoms with van der Waals surface area (Å²) in [6, 6.07) is 14.5. The zero-order chi connectivity index (χ0) is 24.1. The number of morpholine rings is 1. The molecule has 0 spiro atoms. The molecule has 2 heterocycles. The predicted molar refractivity (Wildman–Crippen MR) is 130 cm³/mol. The minimum atomic E-state index is -0.250. The Morgan fingerprint density at radius 2 is 1.65 bits per heavy atom. The third kappa shape index (κ3) is 6.40. The third-order valence-electron chi connectivity index (χ3n) is 5.72. The van der Waals surface area contributed by atoms with Crippen LogP contribution in [0.15, 0.2) is 53.9 Å². The molecule has 0 radical (unpaired) electrons. The third-order valence-corrected chi connectivity index (χ3v) is 6.55. The maximum Gasteiger partial charge on any atom is 0.273 e. The van der Waals surface area contributed by atoms with Crippen LogP contribution in [0.3, 0.4) is 0 Å². The predicted octanol–water partition coefficient (Wildman–Crippen LogP) is 4.74. The maximum absolute atomic E-state index is 13.4. The molecule has 2 atom stereocenters. The molecule has 2 unspecified atom stereocenters. The number of aromatic nitrogens is 1. The number of rotatable bonds is 8. The summed E-state index contributed by atoms with van der Waals surface area (Å²) in [5.74, 6) is 0.508. The van der Waals surface area contributed by atoms with Crippen molar-refractivity contribution in [1.29, 1.82) is 0 Å². The number of methoxy groups -OCH3 is 1. The van der Waals surface area contributed by atoms with E-state index < -0.39 is 0 Å². The molecule has 3 aromatic rings. The van der Waals surface area contributed by atoms with Gasteiger partial charge >= 0.3 is 0 Å². The number of ether oxygens (including phenoxy) is 2. The van der Waals surface area contributed by atoms with Crippen LogP contribution in [0.5, 0.6) is 5.75 Å². The van der Waals surface area contributed by atoms with Gasteiger partial charge < -0.3 is 14.4 Å². The minimum Gasteiger partial charge on any atom is -0.497 e. The quantitative estimate of drug-likeness (QED) is 0.463. The molecular weight excluding hydrogens is 453 g/mol. The number of benzene rings is 2. The second-order valence-electron chi connectivity index (χ2n) is 8.71. The zero-order valence-corrected chi connectivity index (χ0v) is 20.6. The first kappa shape index (κ1) is 24.3. The van der Waals surface area contributed by atoms with E-state index in [0.29, 0.717) is 38.4 Å². The highest BCUT2D eigenvalue weighted by Gasteiger charge is 2.28. The first-order valence-corrected chi connectivity index (χ1v) is 12.3. The monoisotopic (exact) mass is 483 g/mol. The van der Waals surface area contributed by atoms with Gasteiger partial charge in [-0.2, -0.15) is 0 Å². The van der Waals surface area contributed by atoms with Crippen LogP contribution in [-0.4, -0.2) is 53.1 Å². The van der Waals surface area contributed by atoms with Crippen LogP contribution in [0.4, 0.5) is 4.39 Å². The number of thiazole rings is 1. The molecule has 1 aliphatic rings. The van der Waals surface area contributed by atoms with Gasteiger partial charge in [0.25, 0.3) is 5.91 Å². The molecule has 0 saturated carbocycles. The van der Waals surface area contributed by atoms with E-state index in [4.69, 9.17) is 9.47 Å². The summed E-state index contributed by atoms with van der Waals surface area (Å²) >= 11 is 1.49. The number of carbonyl (C=O) groups is 1. The molecule has 0 N–H and O–H groups in total. The topological polar surface area (TPSA) is 54.9 Å². The summed E-state index contributed by atoms with van der Waals surface area (Å²) in [5, 5.41) is 2.71. The van der Waals surface area contributed by atoms with Gasteiger partial charge in [-0.25, -0.2) is 9.37 Å². The Labute approximate surface area is 203 Å². The van der Waals surface area contributed by atoms with Crippen molar-refractivity contribution in [3.8, 4) is 5.75 Å². The van der Waals surface area contributed by atoms with Gasteiger partial charge in [-0.15, -0.1) is 11.3 Å². The summed E-state index contributed by atoms with van der Waals surface area (Å²) in [4.78, 5) is 21.7. The van der Waals surface area contributed by atoms with Crippen LogP contribution in [0.2, 0.25) is 0 Å². The van der Waals surface area contributed by atoms with Crippen LogP contribution in [0.25, 0.3) is 0 Å². The Kier molecular flexibility index (Phi) is 7.92.